The molecule has 0 N–H and O–H groups in total. The van der Waals surface area contributed by atoms with Gasteiger partial charge in [0, 0.05) is 7.05 Å². The summed E-state index contributed by atoms with van der Waals surface area (Å²) in [7, 11) is 1.33. The highest BCUT2D eigenvalue weighted by Gasteiger charge is 2.54. The zero-order chi connectivity index (χ0) is 11.8. The quantitative estimate of drug-likeness (QED) is 0.722. The Bertz CT molecular complexity index is 252. The Morgan fingerprint density at radius 1 is 1.47 bits per heavy atom. The van der Waals surface area contributed by atoms with Crippen molar-refractivity contribution in [3.05, 3.63) is 0 Å². The van der Waals surface area contributed by atoms with Crippen LogP contribution >= 0.6 is 0 Å². The number of hydrogen-bond acceptors (Lipinski definition) is 2. The van der Waals surface area contributed by atoms with Crippen LogP contribution < -0.4 is 0 Å². The maximum Gasteiger partial charge on any atom is 0.427 e. The molecule has 0 aromatic rings. The summed E-state index contributed by atoms with van der Waals surface area (Å²) in [5.74, 6) is 0.0804. The minimum atomic E-state index is -4.49. The summed E-state index contributed by atoms with van der Waals surface area (Å²) in [5.41, 5.74) is 0. The number of cyclic esters (lactones) is 1. The van der Waals surface area contributed by atoms with E-state index in [1.54, 1.807) is 0 Å². The topological polar surface area (TPSA) is 29.5 Å². The lowest BCUT2D eigenvalue weighted by molar-refractivity contribution is -0.201. The molecule has 1 saturated heterocycles. The molecular weight excluding hydrogens is 211 g/mol. The summed E-state index contributed by atoms with van der Waals surface area (Å²) in [6.45, 7) is 3.62. The van der Waals surface area contributed by atoms with Crippen molar-refractivity contribution in [2.24, 2.45) is 5.92 Å². The highest BCUT2D eigenvalue weighted by molar-refractivity contribution is 5.70. The highest BCUT2D eigenvalue weighted by atomic mass is 19.4. The Hall–Kier alpha value is -0.940. The fourth-order valence-electron chi connectivity index (χ4n) is 1.66. The van der Waals surface area contributed by atoms with E-state index in [1.165, 1.54) is 7.05 Å². The van der Waals surface area contributed by atoms with E-state index in [0.717, 1.165) is 4.90 Å². The van der Waals surface area contributed by atoms with E-state index in [1.807, 2.05) is 13.8 Å². The molecule has 15 heavy (non-hydrogen) atoms. The first kappa shape index (κ1) is 12.1. The van der Waals surface area contributed by atoms with Crippen molar-refractivity contribution in [3.8, 4) is 0 Å². The predicted molar refractivity (Wildman–Crippen MR) is 47.3 cm³/mol. The standard InChI is InChI=1S/C9H14F3NO2/c1-5(2)4-6-7(9(10,11)12)15-8(14)13(6)3/h5-7H,4H2,1-3H3/t6-,7+/m1/s1. The third-order valence-electron chi connectivity index (χ3n) is 2.40. The van der Waals surface area contributed by atoms with E-state index >= 15 is 0 Å². The van der Waals surface area contributed by atoms with Crippen LogP contribution in [0.1, 0.15) is 20.3 Å². The number of amides is 1. The molecule has 0 aromatic carbocycles. The van der Waals surface area contributed by atoms with Crippen LogP contribution in [0.3, 0.4) is 0 Å². The molecule has 0 saturated carbocycles. The van der Waals surface area contributed by atoms with E-state index in [0.29, 0.717) is 0 Å². The fraction of sp³-hybridized carbons (Fsp3) is 0.889. The number of hydrogen-bond donors (Lipinski definition) is 0. The van der Waals surface area contributed by atoms with Crippen LogP contribution in [0, 0.1) is 5.92 Å². The lowest BCUT2D eigenvalue weighted by Crippen LogP contribution is -2.42. The van der Waals surface area contributed by atoms with Gasteiger partial charge in [-0.2, -0.15) is 13.2 Å². The van der Waals surface area contributed by atoms with E-state index in [4.69, 9.17) is 0 Å². The van der Waals surface area contributed by atoms with E-state index in [2.05, 4.69) is 4.74 Å². The summed E-state index contributed by atoms with van der Waals surface area (Å²) in [6, 6.07) is -0.905. The lowest BCUT2D eigenvalue weighted by atomic mass is 9.99. The number of ether oxygens (including phenoxy) is 1. The van der Waals surface area contributed by atoms with Crippen LogP contribution in [0.2, 0.25) is 0 Å². The van der Waals surface area contributed by atoms with Crippen LogP contribution in [0.5, 0.6) is 0 Å². The average Bonchev–Trinajstić information content (AvgIpc) is 2.30. The first-order chi connectivity index (χ1) is 6.73. The number of carbonyl (C=O) groups excluding carboxylic acids is 1. The lowest BCUT2D eigenvalue weighted by Gasteiger charge is -2.24. The van der Waals surface area contributed by atoms with Gasteiger partial charge in [-0.1, -0.05) is 13.8 Å². The molecular formula is C9H14F3NO2. The van der Waals surface area contributed by atoms with Gasteiger partial charge in [-0.25, -0.2) is 4.79 Å². The molecule has 2 atom stereocenters. The van der Waals surface area contributed by atoms with Gasteiger partial charge in [0.2, 0.25) is 6.10 Å². The molecule has 6 heteroatoms. The van der Waals surface area contributed by atoms with Crippen molar-refractivity contribution < 1.29 is 22.7 Å². The Morgan fingerprint density at radius 2 is 2.00 bits per heavy atom. The third-order valence-corrected chi connectivity index (χ3v) is 2.40. The molecule has 1 fully saturated rings. The molecule has 1 heterocycles. The number of likely N-dealkylation sites (N-methyl/N-ethyl adjacent to an activating group) is 1. The Kier molecular flexibility index (Phi) is 3.16. The Balaban J connectivity index is 2.82. The second-order valence-corrected chi connectivity index (χ2v) is 4.15. The summed E-state index contributed by atoms with van der Waals surface area (Å²) >= 11 is 0. The average molecular weight is 225 g/mol. The van der Waals surface area contributed by atoms with Gasteiger partial charge in [0.15, 0.2) is 0 Å². The van der Waals surface area contributed by atoms with Gasteiger partial charge in [0.25, 0.3) is 0 Å². The van der Waals surface area contributed by atoms with Crippen molar-refractivity contribution in [2.45, 2.75) is 38.6 Å². The third kappa shape index (κ3) is 2.54. The number of halogens is 3. The van der Waals surface area contributed by atoms with Gasteiger partial charge < -0.3 is 9.64 Å². The van der Waals surface area contributed by atoms with Crippen molar-refractivity contribution in [3.63, 3.8) is 0 Å². The second kappa shape index (κ2) is 3.90. The molecule has 88 valence electrons. The van der Waals surface area contributed by atoms with Crippen LogP contribution in [-0.2, 0) is 4.74 Å². The van der Waals surface area contributed by atoms with Gasteiger partial charge in [0.05, 0.1) is 6.04 Å². The van der Waals surface area contributed by atoms with Crippen LogP contribution in [-0.4, -0.2) is 36.4 Å². The van der Waals surface area contributed by atoms with Crippen molar-refractivity contribution in [1.82, 2.24) is 4.90 Å². The van der Waals surface area contributed by atoms with E-state index < -0.39 is 24.4 Å². The molecule has 1 amide bonds. The van der Waals surface area contributed by atoms with E-state index in [-0.39, 0.29) is 12.3 Å². The van der Waals surface area contributed by atoms with Crippen molar-refractivity contribution in [2.75, 3.05) is 7.05 Å². The van der Waals surface area contributed by atoms with Crippen molar-refractivity contribution in [1.29, 1.82) is 0 Å². The van der Waals surface area contributed by atoms with Gasteiger partial charge in [0.1, 0.15) is 0 Å². The number of rotatable bonds is 2. The zero-order valence-electron chi connectivity index (χ0n) is 8.84. The molecule has 0 unspecified atom stereocenters. The largest absolute Gasteiger partial charge is 0.434 e. The monoisotopic (exact) mass is 225 g/mol. The first-order valence-electron chi connectivity index (χ1n) is 4.73. The molecule has 0 radical (unpaired) electrons. The molecule has 3 nitrogen and oxygen atoms in total. The summed E-state index contributed by atoms with van der Waals surface area (Å²) in [5, 5.41) is 0. The summed E-state index contributed by atoms with van der Waals surface area (Å²) in [4.78, 5) is 12.1. The summed E-state index contributed by atoms with van der Waals surface area (Å²) < 4.78 is 41.8. The Labute approximate surface area is 86.2 Å². The van der Waals surface area contributed by atoms with Gasteiger partial charge >= 0.3 is 12.3 Å². The van der Waals surface area contributed by atoms with Gasteiger partial charge in [-0.15, -0.1) is 0 Å². The van der Waals surface area contributed by atoms with Gasteiger partial charge in [-0.05, 0) is 12.3 Å². The minimum Gasteiger partial charge on any atom is -0.434 e. The van der Waals surface area contributed by atoms with Crippen LogP contribution in [0.15, 0.2) is 0 Å². The Morgan fingerprint density at radius 3 is 2.40 bits per heavy atom. The molecule has 1 rings (SSSR count). The van der Waals surface area contributed by atoms with Crippen molar-refractivity contribution >= 4 is 6.09 Å². The van der Waals surface area contributed by atoms with Crippen LogP contribution in [0.25, 0.3) is 0 Å². The first-order valence-corrected chi connectivity index (χ1v) is 4.73. The number of nitrogens with zero attached hydrogens (tertiary/aromatic N) is 1. The number of carbonyl (C=O) groups is 1. The molecule has 1 aliphatic rings. The predicted octanol–water partition coefficient (Wildman–Crippen LogP) is 2.41. The zero-order valence-corrected chi connectivity index (χ0v) is 8.84. The molecule has 0 aliphatic carbocycles. The minimum absolute atomic E-state index is 0.0804. The highest BCUT2D eigenvalue weighted by Crippen LogP contribution is 2.34. The molecule has 0 bridgehead atoms. The second-order valence-electron chi connectivity index (χ2n) is 4.15. The maximum atomic E-state index is 12.5. The normalized spacial score (nSPS) is 27.4. The number of alkyl halides is 3. The SMILES string of the molecule is CC(C)C[C@@H]1[C@@H](C(F)(F)F)OC(=O)N1C. The molecule has 0 aromatic heterocycles. The maximum absolute atomic E-state index is 12.5. The van der Waals surface area contributed by atoms with E-state index in [9.17, 15) is 18.0 Å². The summed E-state index contributed by atoms with van der Waals surface area (Å²) in [6.07, 6.45) is -7.09. The van der Waals surface area contributed by atoms with Gasteiger partial charge in [-0.3, -0.25) is 0 Å². The molecule has 1 aliphatic heterocycles. The van der Waals surface area contributed by atoms with Crippen LogP contribution in [0.4, 0.5) is 18.0 Å². The molecule has 0 spiro atoms. The smallest absolute Gasteiger partial charge is 0.427 e. The fourth-order valence-corrected chi connectivity index (χ4v) is 1.66.